The van der Waals surface area contributed by atoms with E-state index in [1.54, 1.807) is 7.11 Å². The Labute approximate surface area is 142 Å². The number of likely N-dealkylation sites (tertiary alicyclic amines) is 1. The Kier molecular flexibility index (Phi) is 3.96. The molecular formula is C17H22N3OPS. The first-order chi connectivity index (χ1) is 11.2. The van der Waals surface area contributed by atoms with Gasteiger partial charge in [-0.25, -0.2) is 4.78 Å². The van der Waals surface area contributed by atoms with Crippen LogP contribution in [0.3, 0.4) is 0 Å². The highest BCUT2D eigenvalue weighted by atomic mass is 32.4. The van der Waals surface area contributed by atoms with Crippen molar-refractivity contribution >= 4 is 23.9 Å². The van der Waals surface area contributed by atoms with Gasteiger partial charge in [0.2, 0.25) is 6.42 Å². The molecule has 0 amide bonds. The molecule has 4 rings (SSSR count). The number of rotatable bonds is 3. The molecule has 1 aromatic rings. The fraction of sp³-hybridized carbons (Fsp3) is 0.412. The summed E-state index contributed by atoms with van der Waals surface area (Å²) in [5.41, 5.74) is 7.18. The van der Waals surface area contributed by atoms with Crippen molar-refractivity contribution in [1.82, 2.24) is 10.3 Å². The van der Waals surface area contributed by atoms with Crippen LogP contribution >= 0.6 is 6.42 Å². The number of para-hydroxylation sites is 1. The van der Waals surface area contributed by atoms with Crippen LogP contribution in [0.1, 0.15) is 25.7 Å². The molecule has 4 nitrogen and oxygen atoms in total. The molecule has 1 aliphatic carbocycles. The van der Waals surface area contributed by atoms with E-state index in [0.717, 1.165) is 37.3 Å². The number of hydrogen-bond donors (Lipinski definition) is 1. The van der Waals surface area contributed by atoms with Crippen LogP contribution in [0.25, 0.3) is 0 Å². The minimum atomic E-state index is -2.30. The van der Waals surface area contributed by atoms with Gasteiger partial charge in [-0.3, -0.25) is 5.43 Å². The molecule has 1 aromatic carbocycles. The smallest absolute Gasteiger partial charge is 0.208 e. The van der Waals surface area contributed by atoms with Crippen LogP contribution in [0.2, 0.25) is 0 Å². The van der Waals surface area contributed by atoms with Crippen LogP contribution in [0.5, 0.6) is 0 Å². The first kappa shape index (κ1) is 15.3. The maximum absolute atomic E-state index is 6.11. The summed E-state index contributed by atoms with van der Waals surface area (Å²) >= 11 is 6.11. The molecule has 0 unspecified atom stereocenters. The lowest BCUT2D eigenvalue weighted by Gasteiger charge is -2.31. The largest absolute Gasteiger partial charge is 0.374 e. The van der Waals surface area contributed by atoms with Crippen molar-refractivity contribution in [3.05, 3.63) is 53.1 Å². The molecule has 1 atom stereocenters. The predicted molar refractivity (Wildman–Crippen MR) is 98.5 cm³/mol. The van der Waals surface area contributed by atoms with Crippen molar-refractivity contribution in [3.8, 4) is 0 Å². The summed E-state index contributed by atoms with van der Waals surface area (Å²) < 4.78 is 8.08. The second-order valence-electron chi connectivity index (χ2n) is 6.11. The Morgan fingerprint density at radius 3 is 2.61 bits per heavy atom. The topological polar surface area (TPSA) is 27.7 Å². The summed E-state index contributed by atoms with van der Waals surface area (Å²) in [6, 6.07) is 10.3. The van der Waals surface area contributed by atoms with Crippen LogP contribution in [0.15, 0.2) is 53.1 Å². The number of anilines is 1. The van der Waals surface area contributed by atoms with Crippen LogP contribution in [0, 0.1) is 0 Å². The maximum atomic E-state index is 6.11. The molecule has 6 heteroatoms. The fourth-order valence-corrected chi connectivity index (χ4v) is 6.94. The van der Waals surface area contributed by atoms with Gasteiger partial charge in [-0.1, -0.05) is 24.3 Å². The molecular weight excluding hydrogens is 325 g/mol. The molecule has 1 N–H and O–H groups in total. The van der Waals surface area contributed by atoms with Crippen LogP contribution in [-0.4, -0.2) is 25.1 Å². The molecule has 2 aliphatic heterocycles. The zero-order chi connectivity index (χ0) is 15.9. The summed E-state index contributed by atoms with van der Waals surface area (Å²) in [6.45, 7) is 2.30. The second kappa shape index (κ2) is 5.97. The van der Waals surface area contributed by atoms with Crippen molar-refractivity contribution in [1.29, 1.82) is 0 Å². The molecule has 2 saturated heterocycles. The van der Waals surface area contributed by atoms with E-state index in [9.17, 15) is 0 Å². The second-order valence-corrected chi connectivity index (χ2v) is 9.85. The van der Waals surface area contributed by atoms with E-state index in [1.807, 2.05) is 18.2 Å². The minimum absolute atomic E-state index is 1.07. The van der Waals surface area contributed by atoms with Gasteiger partial charge in [0.1, 0.15) is 0 Å². The zero-order valence-electron chi connectivity index (χ0n) is 13.4. The van der Waals surface area contributed by atoms with Gasteiger partial charge in [0, 0.05) is 25.9 Å². The molecule has 3 aliphatic rings. The third-order valence-electron chi connectivity index (χ3n) is 4.77. The molecule has 2 fully saturated rings. The Hall–Kier alpha value is -1.29. The fourth-order valence-electron chi connectivity index (χ4n) is 3.67. The molecule has 0 radical (unpaired) electrons. The Bertz CT molecular complexity index is 710. The zero-order valence-corrected chi connectivity index (χ0v) is 15.1. The monoisotopic (exact) mass is 347 g/mol. The predicted octanol–water partition coefficient (Wildman–Crippen LogP) is 3.95. The molecule has 0 spiro atoms. The molecule has 122 valence electrons. The first-order valence-electron chi connectivity index (χ1n) is 8.21. The molecule has 0 bridgehead atoms. The van der Waals surface area contributed by atoms with E-state index < -0.39 is 6.42 Å². The number of hydrogen-bond acceptors (Lipinski definition) is 4. The molecule has 23 heavy (non-hydrogen) atoms. The normalized spacial score (nSPS) is 27.1. The van der Waals surface area contributed by atoms with E-state index in [0.29, 0.717) is 0 Å². The average molecular weight is 347 g/mol. The quantitative estimate of drug-likeness (QED) is 0.836. The summed E-state index contributed by atoms with van der Waals surface area (Å²) in [7, 11) is 1.75. The number of nitrogens with one attached hydrogen (secondary N) is 1. The lowest BCUT2D eigenvalue weighted by molar-refractivity contribution is 0.403. The standard InChI is InChI=1S/C17H22N3OPS/c1-21-22(23)17-15(18-20(22)14-8-3-2-4-9-14)10-7-11-16(17)19-12-5-6-13-19/h2-4,8-10,18H,5-7,11-13H2,1H3/t22-/m0/s1. The van der Waals surface area contributed by atoms with Gasteiger partial charge in [-0.05, 0) is 49.6 Å². The van der Waals surface area contributed by atoms with Crippen molar-refractivity contribution < 1.29 is 4.52 Å². The van der Waals surface area contributed by atoms with Gasteiger partial charge in [0.25, 0.3) is 0 Å². The molecule has 0 saturated carbocycles. The number of fused-ring (bicyclic) bond motifs is 1. The summed E-state index contributed by atoms with van der Waals surface area (Å²) in [6.07, 6.45) is 4.68. The highest BCUT2D eigenvalue weighted by molar-refractivity contribution is 8.15. The number of allylic oxidation sites excluding steroid dienone is 3. The number of hydrazine groups is 1. The van der Waals surface area contributed by atoms with Gasteiger partial charge < -0.3 is 9.42 Å². The van der Waals surface area contributed by atoms with Crippen LogP contribution in [-0.2, 0) is 16.3 Å². The Balaban J connectivity index is 1.83. The number of nitrogens with zero attached hydrogens (tertiary/aromatic N) is 2. The molecule has 0 aromatic heterocycles. The van der Waals surface area contributed by atoms with Gasteiger partial charge in [0.05, 0.1) is 16.7 Å². The lowest BCUT2D eigenvalue weighted by Crippen LogP contribution is -2.27. The highest BCUT2D eigenvalue weighted by Crippen LogP contribution is 2.66. The van der Waals surface area contributed by atoms with Crippen molar-refractivity contribution in [2.45, 2.75) is 25.7 Å². The molecule has 2 heterocycles. The average Bonchev–Trinajstić information content (AvgIpc) is 3.23. The van der Waals surface area contributed by atoms with E-state index in [1.165, 1.54) is 23.9 Å². The SMILES string of the molecule is CO[P@]1(=S)C2=C(N3CCCC3)CCC=C2NN1c1ccccc1. The maximum Gasteiger partial charge on any atom is 0.208 e. The Morgan fingerprint density at radius 2 is 1.91 bits per heavy atom. The van der Waals surface area contributed by atoms with Crippen LogP contribution in [0.4, 0.5) is 5.69 Å². The number of benzene rings is 1. The van der Waals surface area contributed by atoms with Crippen molar-refractivity contribution in [3.63, 3.8) is 0 Å². The van der Waals surface area contributed by atoms with Crippen LogP contribution < -0.4 is 10.2 Å². The first-order valence-corrected chi connectivity index (χ1v) is 10.9. The van der Waals surface area contributed by atoms with Crippen molar-refractivity contribution in [2.24, 2.45) is 0 Å². The van der Waals surface area contributed by atoms with Gasteiger partial charge in [-0.2, -0.15) is 0 Å². The van der Waals surface area contributed by atoms with Crippen molar-refractivity contribution in [2.75, 3.05) is 25.0 Å². The van der Waals surface area contributed by atoms with E-state index in [-0.39, 0.29) is 0 Å². The lowest BCUT2D eigenvalue weighted by atomic mass is 10.1. The summed E-state index contributed by atoms with van der Waals surface area (Å²) in [4.78, 5) is 2.53. The van der Waals surface area contributed by atoms with Gasteiger partial charge in [-0.15, -0.1) is 0 Å². The van der Waals surface area contributed by atoms with E-state index >= 15 is 0 Å². The highest BCUT2D eigenvalue weighted by Gasteiger charge is 2.44. The Morgan fingerprint density at radius 1 is 1.17 bits per heavy atom. The summed E-state index contributed by atoms with van der Waals surface area (Å²) in [5, 5.41) is 1.24. The third-order valence-corrected chi connectivity index (χ3v) is 8.67. The van der Waals surface area contributed by atoms with Gasteiger partial charge >= 0.3 is 0 Å². The summed E-state index contributed by atoms with van der Waals surface area (Å²) in [5.74, 6) is 0. The van der Waals surface area contributed by atoms with E-state index in [4.69, 9.17) is 16.3 Å². The van der Waals surface area contributed by atoms with E-state index in [2.05, 4.69) is 33.3 Å². The third kappa shape index (κ3) is 2.42. The van der Waals surface area contributed by atoms with Gasteiger partial charge in [0.15, 0.2) is 0 Å². The minimum Gasteiger partial charge on any atom is -0.374 e.